The van der Waals surface area contributed by atoms with Crippen molar-refractivity contribution < 1.29 is 4.39 Å². The first-order chi connectivity index (χ1) is 8.08. The maximum absolute atomic E-state index is 12.9. The maximum atomic E-state index is 12.9. The van der Waals surface area contributed by atoms with Crippen LogP contribution in [0.25, 0.3) is 0 Å². The van der Waals surface area contributed by atoms with Crippen molar-refractivity contribution >= 4 is 17.1 Å². The van der Waals surface area contributed by atoms with Gasteiger partial charge in [0.25, 0.3) is 0 Å². The highest BCUT2D eigenvalue weighted by atomic mass is 19.1. The molecular weight excluding hydrogens is 215 g/mol. The molecule has 0 unspecified atom stereocenters. The number of nitrogens with two attached hydrogens (primary N) is 1. The maximum Gasteiger partial charge on any atom is 0.125 e. The van der Waals surface area contributed by atoms with Crippen molar-refractivity contribution in [3.05, 3.63) is 53.3 Å². The predicted octanol–water partition coefficient (Wildman–Crippen LogP) is 3.77. The highest BCUT2D eigenvalue weighted by molar-refractivity contribution is 5.74. The Kier molecular flexibility index (Phi) is 3.00. The van der Waals surface area contributed by atoms with Crippen LogP contribution in [0.2, 0.25) is 0 Å². The van der Waals surface area contributed by atoms with E-state index < -0.39 is 0 Å². The fourth-order valence-corrected chi connectivity index (χ4v) is 1.68. The summed E-state index contributed by atoms with van der Waals surface area (Å²) in [7, 11) is 0. The molecule has 3 N–H and O–H groups in total. The first kappa shape index (κ1) is 11.5. The minimum atomic E-state index is -0.325. The van der Waals surface area contributed by atoms with Gasteiger partial charge in [0.1, 0.15) is 5.82 Å². The van der Waals surface area contributed by atoms with E-state index in [1.54, 1.807) is 6.07 Å². The third-order valence-electron chi connectivity index (χ3n) is 2.89. The molecule has 0 saturated carbocycles. The monoisotopic (exact) mass is 230 g/mol. The average molecular weight is 230 g/mol. The number of benzene rings is 2. The zero-order valence-electron chi connectivity index (χ0n) is 9.92. The molecule has 0 amide bonds. The van der Waals surface area contributed by atoms with Gasteiger partial charge < -0.3 is 11.1 Å². The minimum Gasteiger partial charge on any atom is -0.397 e. The van der Waals surface area contributed by atoms with Crippen molar-refractivity contribution in [2.45, 2.75) is 13.8 Å². The van der Waals surface area contributed by atoms with E-state index in [4.69, 9.17) is 5.73 Å². The summed E-state index contributed by atoms with van der Waals surface area (Å²) in [5.41, 5.74) is 10.2. The average Bonchev–Trinajstić information content (AvgIpc) is 2.28. The van der Waals surface area contributed by atoms with Crippen molar-refractivity contribution in [1.82, 2.24) is 0 Å². The molecule has 88 valence electrons. The lowest BCUT2D eigenvalue weighted by Crippen LogP contribution is -1.99. The van der Waals surface area contributed by atoms with Gasteiger partial charge in [-0.2, -0.15) is 0 Å². The molecule has 0 aliphatic heterocycles. The lowest BCUT2D eigenvalue weighted by atomic mass is 10.1. The number of rotatable bonds is 2. The number of anilines is 3. The number of hydrogen-bond donors (Lipinski definition) is 2. The van der Waals surface area contributed by atoms with Crippen molar-refractivity contribution in [3.8, 4) is 0 Å². The Morgan fingerprint density at radius 2 is 1.82 bits per heavy atom. The van der Waals surface area contributed by atoms with Crippen LogP contribution in [-0.4, -0.2) is 0 Å². The summed E-state index contributed by atoms with van der Waals surface area (Å²) >= 11 is 0. The normalized spacial score (nSPS) is 10.3. The Hall–Kier alpha value is -2.03. The summed E-state index contributed by atoms with van der Waals surface area (Å²) in [6.45, 7) is 4.09. The second-order valence-electron chi connectivity index (χ2n) is 4.10. The Morgan fingerprint density at radius 1 is 1.06 bits per heavy atom. The summed E-state index contributed by atoms with van der Waals surface area (Å²) in [5, 5.41) is 3.22. The van der Waals surface area contributed by atoms with Crippen LogP contribution in [0.15, 0.2) is 36.4 Å². The Balaban J connectivity index is 2.35. The molecule has 0 bridgehead atoms. The number of nitrogens with one attached hydrogen (secondary N) is 1. The smallest absolute Gasteiger partial charge is 0.125 e. The molecule has 0 aromatic heterocycles. The van der Waals surface area contributed by atoms with Crippen LogP contribution in [0.4, 0.5) is 21.5 Å². The van der Waals surface area contributed by atoms with Crippen molar-refractivity contribution in [2.75, 3.05) is 11.1 Å². The van der Waals surface area contributed by atoms with Gasteiger partial charge in [0.05, 0.1) is 11.4 Å². The molecule has 0 atom stereocenters. The Bertz CT molecular complexity index is 550. The van der Waals surface area contributed by atoms with Gasteiger partial charge in [-0.05, 0) is 49.2 Å². The highest BCUT2D eigenvalue weighted by Gasteiger charge is 2.04. The fraction of sp³-hybridized carbons (Fsp3) is 0.143. The summed E-state index contributed by atoms with van der Waals surface area (Å²) in [4.78, 5) is 0. The molecule has 2 nitrogen and oxygen atoms in total. The van der Waals surface area contributed by atoms with Crippen molar-refractivity contribution in [3.63, 3.8) is 0 Å². The quantitative estimate of drug-likeness (QED) is 0.771. The van der Waals surface area contributed by atoms with E-state index in [0.717, 1.165) is 16.9 Å². The van der Waals surface area contributed by atoms with Gasteiger partial charge in [0, 0.05) is 5.69 Å². The van der Waals surface area contributed by atoms with E-state index in [0.29, 0.717) is 5.69 Å². The van der Waals surface area contributed by atoms with E-state index in [1.165, 1.54) is 17.7 Å². The van der Waals surface area contributed by atoms with Crippen LogP contribution < -0.4 is 11.1 Å². The molecule has 2 aromatic carbocycles. The van der Waals surface area contributed by atoms with Gasteiger partial charge in [-0.3, -0.25) is 0 Å². The number of hydrogen-bond acceptors (Lipinski definition) is 2. The highest BCUT2D eigenvalue weighted by Crippen LogP contribution is 2.26. The van der Waals surface area contributed by atoms with Gasteiger partial charge in [0.15, 0.2) is 0 Å². The van der Waals surface area contributed by atoms with E-state index in [-0.39, 0.29) is 5.82 Å². The zero-order valence-corrected chi connectivity index (χ0v) is 9.92. The van der Waals surface area contributed by atoms with Crippen molar-refractivity contribution in [1.29, 1.82) is 0 Å². The largest absolute Gasteiger partial charge is 0.397 e. The summed E-state index contributed by atoms with van der Waals surface area (Å²) in [6.07, 6.45) is 0. The molecule has 0 fully saturated rings. The molecule has 2 rings (SSSR count). The second kappa shape index (κ2) is 4.45. The standard InChI is InChI=1S/C14H15FN2/c1-9-4-3-5-13(10(9)2)17-14-7-6-11(15)8-12(14)16/h3-8,17H,16H2,1-2H3. The molecule has 0 radical (unpaired) electrons. The van der Waals surface area contributed by atoms with Gasteiger partial charge in [-0.15, -0.1) is 0 Å². The number of nitrogen functional groups attached to an aromatic ring is 1. The van der Waals surface area contributed by atoms with E-state index in [2.05, 4.69) is 18.3 Å². The third-order valence-corrected chi connectivity index (χ3v) is 2.89. The van der Waals surface area contributed by atoms with Crippen LogP contribution in [0.1, 0.15) is 11.1 Å². The topological polar surface area (TPSA) is 38.0 Å². The van der Waals surface area contributed by atoms with Crippen LogP contribution >= 0.6 is 0 Å². The molecule has 0 heterocycles. The third kappa shape index (κ3) is 2.38. The molecular formula is C14H15FN2. The van der Waals surface area contributed by atoms with Crippen LogP contribution in [0, 0.1) is 19.7 Å². The molecule has 0 saturated heterocycles. The van der Waals surface area contributed by atoms with Gasteiger partial charge in [-0.25, -0.2) is 4.39 Å². The molecule has 3 heteroatoms. The van der Waals surface area contributed by atoms with E-state index in [9.17, 15) is 4.39 Å². The first-order valence-corrected chi connectivity index (χ1v) is 5.46. The molecule has 17 heavy (non-hydrogen) atoms. The second-order valence-corrected chi connectivity index (χ2v) is 4.10. The number of halogens is 1. The zero-order chi connectivity index (χ0) is 12.4. The van der Waals surface area contributed by atoms with Crippen LogP contribution in [0.3, 0.4) is 0 Å². The molecule has 0 spiro atoms. The van der Waals surface area contributed by atoms with E-state index >= 15 is 0 Å². The van der Waals surface area contributed by atoms with Crippen LogP contribution in [0.5, 0.6) is 0 Å². The van der Waals surface area contributed by atoms with Crippen LogP contribution in [-0.2, 0) is 0 Å². The van der Waals surface area contributed by atoms with Crippen molar-refractivity contribution in [2.24, 2.45) is 0 Å². The SMILES string of the molecule is Cc1cccc(Nc2ccc(F)cc2N)c1C. The van der Waals surface area contributed by atoms with Gasteiger partial charge >= 0.3 is 0 Å². The van der Waals surface area contributed by atoms with Gasteiger partial charge in [-0.1, -0.05) is 12.1 Å². The first-order valence-electron chi connectivity index (χ1n) is 5.46. The fourth-order valence-electron chi connectivity index (χ4n) is 1.68. The lowest BCUT2D eigenvalue weighted by Gasteiger charge is -2.13. The molecule has 0 aliphatic carbocycles. The summed E-state index contributed by atoms with van der Waals surface area (Å²) < 4.78 is 12.9. The minimum absolute atomic E-state index is 0.325. The summed E-state index contributed by atoms with van der Waals surface area (Å²) in [6, 6.07) is 10.4. The lowest BCUT2D eigenvalue weighted by molar-refractivity contribution is 0.628. The molecule has 2 aromatic rings. The predicted molar refractivity (Wildman–Crippen MR) is 70.0 cm³/mol. The Labute approximate surface area is 100 Å². The van der Waals surface area contributed by atoms with E-state index in [1.807, 2.05) is 19.1 Å². The van der Waals surface area contributed by atoms with Gasteiger partial charge in [0.2, 0.25) is 0 Å². The number of aryl methyl sites for hydroxylation is 1. The Morgan fingerprint density at radius 3 is 2.53 bits per heavy atom. The molecule has 0 aliphatic rings. The summed E-state index contributed by atoms with van der Waals surface area (Å²) in [5.74, 6) is -0.325.